The fraction of sp³-hybridized carbons (Fsp3) is 0.300. The van der Waals surface area contributed by atoms with E-state index in [1.165, 1.54) is 0 Å². The number of aliphatic imine (C=N–C) groups is 1. The Hall–Kier alpha value is -2.80. The summed E-state index contributed by atoms with van der Waals surface area (Å²) in [6, 6.07) is 2.11. The highest BCUT2D eigenvalue weighted by molar-refractivity contribution is 5.73. The number of aromatic nitrogens is 1. The predicted octanol–water partition coefficient (Wildman–Crippen LogP) is 2.55. The summed E-state index contributed by atoms with van der Waals surface area (Å²) < 4.78 is 2.00. The fourth-order valence-corrected chi connectivity index (χ4v) is 2.28. The summed E-state index contributed by atoms with van der Waals surface area (Å²) in [7, 11) is 3.72. The topological polar surface area (TPSA) is 53.1 Å². The zero-order chi connectivity index (χ0) is 18.1. The second kappa shape index (κ2) is 9.36. The minimum absolute atomic E-state index is 0.299. The molecule has 0 aliphatic rings. The van der Waals surface area contributed by atoms with Crippen LogP contribution < -0.4 is 15.9 Å². The van der Waals surface area contributed by atoms with Gasteiger partial charge in [0.25, 0.3) is 0 Å². The monoisotopic (exact) mass is 322 g/mol. The molecule has 1 rings (SSSR count). The molecular formula is C20H26N4. The van der Waals surface area contributed by atoms with Crippen LogP contribution in [0.1, 0.15) is 13.8 Å². The van der Waals surface area contributed by atoms with E-state index in [2.05, 4.69) is 36.5 Å². The van der Waals surface area contributed by atoms with E-state index >= 15 is 0 Å². The second-order valence-corrected chi connectivity index (χ2v) is 5.71. The summed E-state index contributed by atoms with van der Waals surface area (Å²) in [6.07, 6.45) is 11.4. The Morgan fingerprint density at radius 2 is 2.21 bits per heavy atom. The first-order chi connectivity index (χ1) is 11.4. The normalized spacial score (nSPS) is 14.7. The van der Waals surface area contributed by atoms with Gasteiger partial charge in [0.15, 0.2) is 0 Å². The van der Waals surface area contributed by atoms with Gasteiger partial charge in [-0.3, -0.25) is 4.99 Å². The average Bonchev–Trinajstić information content (AvgIpc) is 2.85. The second-order valence-electron chi connectivity index (χ2n) is 5.71. The molecule has 0 saturated carbocycles. The van der Waals surface area contributed by atoms with Gasteiger partial charge >= 0.3 is 0 Å². The Morgan fingerprint density at radius 3 is 2.79 bits per heavy atom. The standard InChI is InChI=1S/C20H26N4/c1-7-18(10-11-22-5)16(3)13-23-19-14-24(6)20(17(19)4)9-8-15(2)12-21/h7-11,14,16,23H,1,4,13H2,2-3,5-6H3/b15-8+,18-10+,20-9+,22-11?. The molecule has 0 bridgehead atoms. The summed E-state index contributed by atoms with van der Waals surface area (Å²) in [6.45, 7) is 12.7. The molecule has 0 fully saturated rings. The lowest BCUT2D eigenvalue weighted by molar-refractivity contribution is 0.738. The molecule has 1 aromatic heterocycles. The highest BCUT2D eigenvalue weighted by Crippen LogP contribution is 2.11. The van der Waals surface area contributed by atoms with Gasteiger partial charge in [0.05, 0.1) is 11.8 Å². The molecule has 1 aromatic rings. The van der Waals surface area contributed by atoms with Gasteiger partial charge < -0.3 is 9.88 Å². The van der Waals surface area contributed by atoms with Crippen LogP contribution in [0.4, 0.5) is 5.69 Å². The van der Waals surface area contributed by atoms with Crippen LogP contribution in [0.25, 0.3) is 12.7 Å². The maximum Gasteiger partial charge on any atom is 0.0944 e. The number of hydrogen-bond acceptors (Lipinski definition) is 3. The number of rotatable bonds is 7. The van der Waals surface area contributed by atoms with Gasteiger partial charge in [-0.05, 0) is 36.6 Å². The van der Waals surface area contributed by atoms with E-state index in [9.17, 15) is 0 Å². The van der Waals surface area contributed by atoms with Crippen molar-refractivity contribution in [2.75, 3.05) is 18.9 Å². The lowest BCUT2D eigenvalue weighted by Gasteiger charge is -2.13. The van der Waals surface area contributed by atoms with Crippen molar-refractivity contribution < 1.29 is 0 Å². The third-order valence-electron chi connectivity index (χ3n) is 3.82. The minimum atomic E-state index is 0.299. The number of hydrogen-bond donors (Lipinski definition) is 1. The number of aryl methyl sites for hydroxylation is 1. The van der Waals surface area contributed by atoms with Crippen molar-refractivity contribution in [2.24, 2.45) is 18.0 Å². The van der Waals surface area contributed by atoms with Crippen molar-refractivity contribution in [3.8, 4) is 6.07 Å². The fourth-order valence-electron chi connectivity index (χ4n) is 2.28. The molecule has 4 heteroatoms. The van der Waals surface area contributed by atoms with E-state index < -0.39 is 0 Å². The Labute approximate surface area is 144 Å². The van der Waals surface area contributed by atoms with Gasteiger partial charge in [-0.15, -0.1) is 0 Å². The van der Waals surface area contributed by atoms with E-state index in [1.807, 2.05) is 36.0 Å². The van der Waals surface area contributed by atoms with Gasteiger partial charge in [0, 0.05) is 49.2 Å². The van der Waals surface area contributed by atoms with Gasteiger partial charge in [-0.25, -0.2) is 0 Å². The molecule has 24 heavy (non-hydrogen) atoms. The van der Waals surface area contributed by atoms with Crippen molar-refractivity contribution in [1.82, 2.24) is 4.57 Å². The molecule has 1 atom stereocenters. The van der Waals surface area contributed by atoms with Gasteiger partial charge in [0.1, 0.15) is 0 Å². The number of anilines is 1. The molecule has 0 aromatic carbocycles. The summed E-state index contributed by atoms with van der Waals surface area (Å²) in [5, 5.41) is 14.2. The minimum Gasteiger partial charge on any atom is -0.383 e. The molecular weight excluding hydrogens is 296 g/mol. The van der Waals surface area contributed by atoms with Crippen LogP contribution in [0.2, 0.25) is 0 Å². The molecule has 1 heterocycles. The van der Waals surface area contributed by atoms with Crippen LogP contribution in [0.3, 0.4) is 0 Å². The molecule has 126 valence electrons. The Bertz CT molecular complexity index is 813. The third kappa shape index (κ3) is 5.13. The first kappa shape index (κ1) is 19.2. The van der Waals surface area contributed by atoms with Gasteiger partial charge in [-0.2, -0.15) is 5.26 Å². The average molecular weight is 322 g/mol. The van der Waals surface area contributed by atoms with Crippen LogP contribution in [0, 0.1) is 17.2 Å². The number of allylic oxidation sites excluding steroid dienone is 4. The largest absolute Gasteiger partial charge is 0.383 e. The van der Waals surface area contributed by atoms with Crippen molar-refractivity contribution in [1.29, 1.82) is 5.26 Å². The SMILES string of the molecule is C=C/C(=C\C=NC)C(C)CNc1cn(C)/c(=C/C=C(\C)C#N)c1=C. The molecule has 0 aliphatic carbocycles. The van der Waals surface area contributed by atoms with Crippen molar-refractivity contribution in [2.45, 2.75) is 13.8 Å². The van der Waals surface area contributed by atoms with Gasteiger partial charge in [-0.1, -0.05) is 26.2 Å². The Kier molecular flexibility index (Phi) is 7.51. The van der Waals surface area contributed by atoms with E-state index in [0.717, 1.165) is 28.4 Å². The van der Waals surface area contributed by atoms with Crippen LogP contribution in [0.15, 0.2) is 47.1 Å². The summed E-state index contributed by atoms with van der Waals surface area (Å²) in [5.41, 5.74) is 2.79. The Morgan fingerprint density at radius 1 is 1.50 bits per heavy atom. The van der Waals surface area contributed by atoms with E-state index in [4.69, 9.17) is 5.26 Å². The zero-order valence-electron chi connectivity index (χ0n) is 15.0. The number of nitriles is 1. The lowest BCUT2D eigenvalue weighted by atomic mass is 10.0. The zero-order valence-corrected chi connectivity index (χ0v) is 15.0. The lowest BCUT2D eigenvalue weighted by Crippen LogP contribution is -2.28. The van der Waals surface area contributed by atoms with Crippen molar-refractivity contribution >= 4 is 24.6 Å². The molecule has 0 aliphatic heterocycles. The van der Waals surface area contributed by atoms with Crippen molar-refractivity contribution in [3.63, 3.8) is 0 Å². The predicted molar refractivity (Wildman–Crippen MR) is 104 cm³/mol. The third-order valence-corrected chi connectivity index (χ3v) is 3.82. The highest BCUT2D eigenvalue weighted by Gasteiger charge is 2.07. The van der Waals surface area contributed by atoms with Crippen molar-refractivity contribution in [3.05, 3.63) is 52.7 Å². The van der Waals surface area contributed by atoms with E-state index in [0.29, 0.717) is 11.5 Å². The maximum absolute atomic E-state index is 8.84. The smallest absolute Gasteiger partial charge is 0.0944 e. The molecule has 0 amide bonds. The highest BCUT2D eigenvalue weighted by atomic mass is 15.0. The maximum atomic E-state index is 8.84. The first-order valence-corrected chi connectivity index (χ1v) is 7.86. The first-order valence-electron chi connectivity index (χ1n) is 7.86. The van der Waals surface area contributed by atoms with E-state index in [-0.39, 0.29) is 0 Å². The summed E-state index contributed by atoms with van der Waals surface area (Å²) >= 11 is 0. The van der Waals surface area contributed by atoms with Crippen LogP contribution in [0.5, 0.6) is 0 Å². The molecule has 0 saturated heterocycles. The molecule has 0 radical (unpaired) electrons. The number of nitrogens with one attached hydrogen (secondary N) is 1. The summed E-state index contributed by atoms with van der Waals surface area (Å²) in [5.74, 6) is 0.299. The number of nitrogens with zero attached hydrogens (tertiary/aromatic N) is 3. The quantitative estimate of drug-likeness (QED) is 0.476. The van der Waals surface area contributed by atoms with Crippen LogP contribution in [-0.4, -0.2) is 24.4 Å². The summed E-state index contributed by atoms with van der Waals surface area (Å²) in [4.78, 5) is 3.98. The van der Waals surface area contributed by atoms with E-state index in [1.54, 1.807) is 26.3 Å². The van der Waals surface area contributed by atoms with Crippen LogP contribution >= 0.6 is 0 Å². The Balaban J connectivity index is 2.97. The van der Waals surface area contributed by atoms with Crippen LogP contribution in [-0.2, 0) is 7.05 Å². The molecule has 4 nitrogen and oxygen atoms in total. The molecule has 1 N–H and O–H groups in total. The molecule has 0 spiro atoms. The van der Waals surface area contributed by atoms with Gasteiger partial charge in [0.2, 0.25) is 0 Å². The molecule has 1 unspecified atom stereocenters.